The van der Waals surface area contributed by atoms with E-state index in [9.17, 15) is 17.2 Å². The Bertz CT molecular complexity index is 1430. The van der Waals surface area contributed by atoms with Gasteiger partial charge in [-0.25, -0.2) is 26.9 Å². The van der Waals surface area contributed by atoms with Crippen molar-refractivity contribution in [3.63, 3.8) is 0 Å². The van der Waals surface area contributed by atoms with Crippen molar-refractivity contribution in [1.29, 1.82) is 0 Å². The lowest BCUT2D eigenvalue weighted by Crippen LogP contribution is -2.59. The van der Waals surface area contributed by atoms with Crippen molar-refractivity contribution >= 4 is 32.6 Å². The SMILES string of the molecule is [2H]C([2H])([2H])OCC1CN(c2cc(S(=O)(=O)NC3(C)COC3)cn3c(-c4nnc(C(F)F)s4)ncc23)CCN1. The number of aromatic nitrogens is 4. The lowest BCUT2D eigenvalue weighted by molar-refractivity contribution is -0.0523. The molecule has 0 radical (unpaired) electrons. The Balaban J connectivity index is 1.56. The van der Waals surface area contributed by atoms with Crippen LogP contribution in [0.25, 0.3) is 16.3 Å². The Labute approximate surface area is 208 Å². The molecule has 0 saturated carbocycles. The third-order valence-corrected chi connectivity index (χ3v) is 8.36. The van der Waals surface area contributed by atoms with Crippen LogP contribution < -0.4 is 14.9 Å². The van der Waals surface area contributed by atoms with Crippen molar-refractivity contribution in [2.75, 3.05) is 51.4 Å². The minimum absolute atomic E-state index is 0.0696. The zero-order chi connectivity index (χ0) is 27.3. The van der Waals surface area contributed by atoms with Gasteiger partial charge in [0.05, 0.1) is 46.9 Å². The van der Waals surface area contributed by atoms with Crippen LogP contribution in [0.15, 0.2) is 23.4 Å². The molecule has 11 nitrogen and oxygen atoms in total. The molecular weight excluding hydrogens is 504 g/mol. The number of fused-ring (bicyclic) bond motifs is 1. The number of ether oxygens (including phenoxy) is 2. The second-order valence-electron chi connectivity index (χ2n) is 8.71. The highest BCUT2D eigenvalue weighted by molar-refractivity contribution is 7.89. The number of imidazole rings is 1. The van der Waals surface area contributed by atoms with E-state index >= 15 is 0 Å². The molecule has 5 heterocycles. The first-order chi connectivity index (χ1) is 17.8. The predicted octanol–water partition coefficient (Wildman–Crippen LogP) is 1.28. The summed E-state index contributed by atoms with van der Waals surface area (Å²) in [5, 5.41) is 10.2. The molecule has 2 aliphatic heterocycles. The molecule has 0 bridgehead atoms. The van der Waals surface area contributed by atoms with Gasteiger partial charge in [-0.2, -0.15) is 0 Å². The normalized spacial score (nSPS) is 22.1. The highest BCUT2D eigenvalue weighted by Gasteiger charge is 2.38. The van der Waals surface area contributed by atoms with Crippen molar-refractivity contribution < 1.29 is 30.8 Å². The van der Waals surface area contributed by atoms with Gasteiger partial charge in [0.2, 0.25) is 10.0 Å². The molecule has 3 aromatic rings. The van der Waals surface area contributed by atoms with Gasteiger partial charge in [0.25, 0.3) is 6.43 Å². The highest BCUT2D eigenvalue weighted by atomic mass is 32.2. The van der Waals surface area contributed by atoms with Crippen molar-refractivity contribution in [2.45, 2.75) is 29.8 Å². The van der Waals surface area contributed by atoms with Gasteiger partial charge in [-0.1, -0.05) is 11.3 Å². The zero-order valence-corrected chi connectivity index (χ0v) is 20.2. The second kappa shape index (κ2) is 9.29. The molecule has 2 saturated heterocycles. The Hall–Kier alpha value is -2.30. The largest absolute Gasteiger partial charge is 0.383 e. The topological polar surface area (TPSA) is 123 Å². The van der Waals surface area contributed by atoms with Crippen LogP contribution in [-0.2, 0) is 19.5 Å². The fourth-order valence-corrected chi connectivity index (χ4v) is 6.22. The van der Waals surface area contributed by atoms with Crippen LogP contribution in [0.1, 0.15) is 22.5 Å². The third-order valence-electron chi connectivity index (χ3n) is 5.83. The summed E-state index contributed by atoms with van der Waals surface area (Å²) < 4.78 is 89.4. The first kappa shape index (κ1) is 20.8. The van der Waals surface area contributed by atoms with Gasteiger partial charge < -0.3 is 19.7 Å². The molecule has 0 amide bonds. The standard InChI is InChI=1S/C20H25F2N7O4S2/c1-20(10-33-11-20)27-35(30,31)13-5-14(28-4-3-23-12(7-28)9-32-2)15-6-24-17(29(15)8-13)19-26-25-18(34-19)16(21)22/h5-6,8,12,16,23,27H,3-4,7,9-11H2,1-2H3/i2D3. The summed E-state index contributed by atoms with van der Waals surface area (Å²) in [5.41, 5.74) is 0.271. The van der Waals surface area contributed by atoms with Gasteiger partial charge in [0, 0.05) is 38.9 Å². The first-order valence-electron chi connectivity index (χ1n) is 12.2. The molecule has 0 aliphatic carbocycles. The maximum atomic E-state index is 13.4. The fraction of sp³-hybridized carbons (Fsp3) is 0.550. The molecule has 35 heavy (non-hydrogen) atoms. The number of sulfonamides is 1. The van der Waals surface area contributed by atoms with Crippen LogP contribution in [0.4, 0.5) is 14.5 Å². The molecule has 190 valence electrons. The molecule has 3 aromatic heterocycles. The maximum Gasteiger partial charge on any atom is 0.291 e. The summed E-state index contributed by atoms with van der Waals surface area (Å²) in [4.78, 5) is 6.19. The quantitative estimate of drug-likeness (QED) is 0.442. The highest BCUT2D eigenvalue weighted by Crippen LogP contribution is 2.33. The Morgan fingerprint density at radius 3 is 2.97 bits per heavy atom. The number of nitrogens with one attached hydrogen (secondary N) is 2. The van der Waals surface area contributed by atoms with Crippen molar-refractivity contribution in [3.05, 3.63) is 23.5 Å². The molecule has 1 unspecified atom stereocenters. The van der Waals surface area contributed by atoms with E-state index in [2.05, 4.69) is 25.2 Å². The van der Waals surface area contributed by atoms with Crippen LogP contribution >= 0.6 is 11.3 Å². The van der Waals surface area contributed by atoms with E-state index in [0.717, 1.165) is 0 Å². The Kier molecular flexibility index (Phi) is 5.54. The van der Waals surface area contributed by atoms with Crippen molar-refractivity contribution in [1.82, 2.24) is 29.6 Å². The summed E-state index contributed by atoms with van der Waals surface area (Å²) >= 11 is 0.670. The van der Waals surface area contributed by atoms with Crippen LogP contribution in [0, 0.1) is 0 Å². The zero-order valence-electron chi connectivity index (χ0n) is 21.6. The number of hydrogen-bond donors (Lipinski definition) is 2. The van der Waals surface area contributed by atoms with Crippen LogP contribution in [-0.4, -0.2) is 86.1 Å². The van der Waals surface area contributed by atoms with E-state index < -0.39 is 34.0 Å². The van der Waals surface area contributed by atoms with Gasteiger partial charge in [-0.05, 0) is 13.0 Å². The van der Waals surface area contributed by atoms with E-state index in [1.54, 1.807) is 6.92 Å². The summed E-state index contributed by atoms with van der Waals surface area (Å²) in [6.07, 6.45) is 0.0749. The second-order valence-corrected chi connectivity index (χ2v) is 11.4. The fourth-order valence-electron chi connectivity index (χ4n) is 4.13. The van der Waals surface area contributed by atoms with E-state index in [-0.39, 0.29) is 41.6 Å². The predicted molar refractivity (Wildman–Crippen MR) is 124 cm³/mol. The van der Waals surface area contributed by atoms with E-state index in [4.69, 9.17) is 13.6 Å². The average Bonchev–Trinajstić information content (AvgIpc) is 3.48. The number of rotatable bonds is 8. The Morgan fingerprint density at radius 1 is 1.46 bits per heavy atom. The smallest absolute Gasteiger partial charge is 0.291 e. The molecule has 2 fully saturated rings. The number of methoxy groups -OCH3 is 1. The van der Waals surface area contributed by atoms with Crippen molar-refractivity contribution in [2.24, 2.45) is 0 Å². The number of hydrogen-bond acceptors (Lipinski definition) is 10. The van der Waals surface area contributed by atoms with Gasteiger partial charge >= 0.3 is 0 Å². The van der Waals surface area contributed by atoms with Gasteiger partial charge in [0.15, 0.2) is 15.8 Å². The number of nitrogens with zero attached hydrogens (tertiary/aromatic N) is 5. The van der Waals surface area contributed by atoms with E-state index in [0.29, 0.717) is 42.2 Å². The Morgan fingerprint density at radius 2 is 2.29 bits per heavy atom. The third kappa shape index (κ3) is 4.75. The lowest BCUT2D eigenvalue weighted by Gasteiger charge is -2.38. The van der Waals surface area contributed by atoms with Crippen LogP contribution in [0.5, 0.6) is 0 Å². The summed E-state index contributed by atoms with van der Waals surface area (Å²) in [5.74, 6) is 0.165. The maximum absolute atomic E-state index is 13.4. The number of alkyl halides is 2. The number of anilines is 1. The molecular formula is C20H25F2N7O4S2. The van der Waals surface area contributed by atoms with E-state index in [1.807, 2.05) is 4.90 Å². The average molecular weight is 533 g/mol. The van der Waals surface area contributed by atoms with Crippen molar-refractivity contribution in [3.8, 4) is 10.8 Å². The van der Waals surface area contributed by atoms with Gasteiger partial charge in [0.1, 0.15) is 4.90 Å². The molecule has 2 N–H and O–H groups in total. The van der Waals surface area contributed by atoms with Crippen LogP contribution in [0.3, 0.4) is 0 Å². The lowest BCUT2D eigenvalue weighted by atomic mass is 10.0. The minimum Gasteiger partial charge on any atom is -0.383 e. The van der Waals surface area contributed by atoms with Gasteiger partial charge in [-0.15, -0.1) is 10.2 Å². The van der Waals surface area contributed by atoms with Gasteiger partial charge in [-0.3, -0.25) is 4.40 Å². The molecule has 5 rings (SSSR count). The molecule has 0 spiro atoms. The van der Waals surface area contributed by atoms with Crippen LogP contribution in [0.2, 0.25) is 0 Å². The molecule has 0 aromatic carbocycles. The monoisotopic (exact) mass is 532 g/mol. The number of pyridine rings is 1. The molecule has 15 heteroatoms. The summed E-state index contributed by atoms with van der Waals surface area (Å²) in [6.45, 7) is 3.40. The number of piperazine rings is 1. The minimum atomic E-state index is -4.03. The summed E-state index contributed by atoms with van der Waals surface area (Å²) in [6, 6.07) is 1.18. The van der Waals surface area contributed by atoms with E-state index in [1.165, 1.54) is 22.9 Å². The molecule has 1 atom stereocenters. The number of halogens is 2. The molecule has 2 aliphatic rings. The summed E-state index contributed by atoms with van der Waals surface area (Å²) in [7, 11) is -6.58. The first-order valence-corrected chi connectivity index (χ1v) is 13.0.